The van der Waals surface area contributed by atoms with Gasteiger partial charge in [-0.1, -0.05) is 84.8 Å². The fourth-order valence-corrected chi connectivity index (χ4v) is 10.5. The molecule has 5 rings (SSSR count). The molecule has 1 aromatic rings. The third-order valence-corrected chi connectivity index (χ3v) is 13.0. The summed E-state index contributed by atoms with van der Waals surface area (Å²) in [6.07, 6.45) is 26.5. The van der Waals surface area contributed by atoms with E-state index in [0.29, 0.717) is 17.3 Å². The van der Waals surface area contributed by atoms with Gasteiger partial charge in [0.25, 0.3) is 0 Å². The van der Waals surface area contributed by atoms with Crippen LogP contribution in [-0.2, 0) is 9.53 Å². The summed E-state index contributed by atoms with van der Waals surface area (Å²) in [4.78, 5) is 16.8. The van der Waals surface area contributed by atoms with Gasteiger partial charge in [0.1, 0.15) is 11.9 Å². The van der Waals surface area contributed by atoms with Gasteiger partial charge in [-0.05, 0) is 116 Å². The van der Waals surface area contributed by atoms with E-state index in [1.807, 2.05) is 12.1 Å². The number of hydrogen-bond donors (Lipinski definition) is 0. The van der Waals surface area contributed by atoms with E-state index in [4.69, 9.17) is 9.47 Å². The molecule has 246 valence electrons. The number of rotatable bonds is 15. The molecule has 0 spiro atoms. The summed E-state index contributed by atoms with van der Waals surface area (Å²) >= 11 is 0. The van der Waals surface area contributed by atoms with Crippen LogP contribution in [0.2, 0.25) is 0 Å². The number of hydrogen-bond acceptors (Lipinski definition) is 4. The Morgan fingerprint density at radius 2 is 1.68 bits per heavy atom. The van der Waals surface area contributed by atoms with Gasteiger partial charge in [0.2, 0.25) is 0 Å². The van der Waals surface area contributed by atoms with Crippen LogP contribution in [0.1, 0.15) is 144 Å². The number of unbranched alkanes of at least 4 members (excludes halogenated alkanes) is 4. The molecule has 0 aromatic carbocycles. The average Bonchev–Trinajstić information content (AvgIpc) is 3.36. The van der Waals surface area contributed by atoms with Gasteiger partial charge in [-0.15, -0.1) is 0 Å². The first kappa shape index (κ1) is 33.5. The van der Waals surface area contributed by atoms with Gasteiger partial charge >= 0.3 is 5.97 Å². The topological polar surface area (TPSA) is 48.4 Å². The fourth-order valence-electron chi connectivity index (χ4n) is 10.5. The van der Waals surface area contributed by atoms with Crippen LogP contribution >= 0.6 is 0 Å². The lowest BCUT2D eigenvalue weighted by Crippen LogP contribution is -2.51. The molecule has 1 heterocycles. The van der Waals surface area contributed by atoms with Crippen LogP contribution in [0.4, 0.5) is 0 Å². The maximum atomic E-state index is 12.7. The molecule has 1 aromatic heterocycles. The third kappa shape index (κ3) is 7.75. The van der Waals surface area contributed by atoms with Crippen LogP contribution < -0.4 is 4.74 Å². The Morgan fingerprint density at radius 3 is 2.48 bits per heavy atom. The Bertz CT molecular complexity index is 1080. The van der Waals surface area contributed by atoms with E-state index < -0.39 is 0 Å². The number of esters is 1. The van der Waals surface area contributed by atoms with Crippen LogP contribution in [0.5, 0.6) is 5.75 Å². The summed E-state index contributed by atoms with van der Waals surface area (Å²) in [6, 6.07) is 3.79. The molecule has 0 N–H and O–H groups in total. The van der Waals surface area contributed by atoms with Gasteiger partial charge in [0.05, 0.1) is 6.61 Å². The predicted molar refractivity (Wildman–Crippen MR) is 180 cm³/mol. The van der Waals surface area contributed by atoms with Gasteiger partial charge < -0.3 is 9.47 Å². The minimum absolute atomic E-state index is 0.0156. The Kier molecular flexibility index (Phi) is 11.6. The summed E-state index contributed by atoms with van der Waals surface area (Å²) < 4.78 is 11.8. The van der Waals surface area contributed by atoms with Crippen molar-refractivity contribution in [3.63, 3.8) is 0 Å². The molecule has 44 heavy (non-hydrogen) atoms. The average molecular weight is 606 g/mol. The summed E-state index contributed by atoms with van der Waals surface area (Å²) in [5, 5.41) is 0. The number of aromatic nitrogens is 1. The molecule has 4 aliphatic rings. The number of allylic oxidation sites excluding steroid dienone is 1. The highest BCUT2D eigenvalue weighted by molar-refractivity contribution is 5.69. The van der Waals surface area contributed by atoms with Crippen molar-refractivity contribution in [3.8, 4) is 5.75 Å². The molecule has 0 saturated heterocycles. The van der Waals surface area contributed by atoms with E-state index >= 15 is 0 Å². The lowest BCUT2D eigenvalue weighted by atomic mass is 9.47. The number of pyridine rings is 1. The predicted octanol–water partition coefficient (Wildman–Crippen LogP) is 10.8. The number of fused-ring (bicyclic) bond motifs is 5. The molecule has 1 unspecified atom stereocenters. The standard InChI is InChI=1S/C40H63NO3/c1-29(2)12-11-13-30(3)35-17-18-36-34-16-15-31-28-33(19-23-39(31,4)37(34)20-24-40(35,36)5)44-38(42)14-9-7-6-8-10-27-43-32-21-25-41-26-22-32/h15,21-22,25-26,29-30,33-37H,6-14,16-20,23-24,27-28H2,1-5H3/t30-,33?,34+,35-,36+,37+,39+,40-/m1/s1. The lowest BCUT2D eigenvalue weighted by molar-refractivity contribution is -0.151. The van der Waals surface area contributed by atoms with E-state index in [0.717, 1.165) is 92.8 Å². The Morgan fingerprint density at radius 1 is 0.909 bits per heavy atom. The van der Waals surface area contributed by atoms with E-state index in [2.05, 4.69) is 45.7 Å². The molecule has 4 nitrogen and oxygen atoms in total. The molecule has 0 aliphatic heterocycles. The Balaban J connectivity index is 1.04. The molecule has 8 atom stereocenters. The largest absolute Gasteiger partial charge is 0.493 e. The zero-order chi connectivity index (χ0) is 31.2. The number of ether oxygens (including phenoxy) is 2. The molecule has 3 saturated carbocycles. The first-order valence-electron chi connectivity index (χ1n) is 18.6. The second kappa shape index (κ2) is 15.2. The van der Waals surface area contributed by atoms with Crippen molar-refractivity contribution >= 4 is 5.97 Å². The van der Waals surface area contributed by atoms with Crippen LogP contribution in [0.25, 0.3) is 0 Å². The summed E-state index contributed by atoms with van der Waals surface area (Å²) in [7, 11) is 0. The molecule has 0 radical (unpaired) electrons. The Hall–Kier alpha value is -1.84. The van der Waals surface area contributed by atoms with Gasteiger partial charge in [0.15, 0.2) is 0 Å². The summed E-state index contributed by atoms with van der Waals surface area (Å²) in [5.41, 5.74) is 2.48. The van der Waals surface area contributed by atoms with Crippen molar-refractivity contribution in [2.75, 3.05) is 6.61 Å². The van der Waals surface area contributed by atoms with E-state index in [1.54, 1.807) is 18.0 Å². The minimum Gasteiger partial charge on any atom is -0.493 e. The van der Waals surface area contributed by atoms with Crippen molar-refractivity contribution in [1.82, 2.24) is 4.98 Å². The van der Waals surface area contributed by atoms with Gasteiger partial charge in [0, 0.05) is 25.2 Å². The number of carbonyl (C=O) groups excluding carboxylic acids is 1. The van der Waals surface area contributed by atoms with Crippen molar-refractivity contribution in [2.24, 2.45) is 46.3 Å². The monoisotopic (exact) mass is 605 g/mol. The fraction of sp³-hybridized carbons (Fsp3) is 0.800. The van der Waals surface area contributed by atoms with Crippen LogP contribution in [0, 0.1) is 46.3 Å². The van der Waals surface area contributed by atoms with Crippen molar-refractivity contribution in [1.29, 1.82) is 0 Å². The van der Waals surface area contributed by atoms with Crippen LogP contribution in [0.3, 0.4) is 0 Å². The van der Waals surface area contributed by atoms with Crippen molar-refractivity contribution in [2.45, 2.75) is 150 Å². The summed E-state index contributed by atoms with van der Waals surface area (Å²) in [6.45, 7) is 13.3. The quantitative estimate of drug-likeness (QED) is 0.113. The zero-order valence-electron chi connectivity index (χ0n) is 28.8. The zero-order valence-corrected chi connectivity index (χ0v) is 28.8. The number of nitrogens with zero attached hydrogens (tertiary/aromatic N) is 1. The first-order chi connectivity index (χ1) is 21.2. The highest BCUT2D eigenvalue weighted by Gasteiger charge is 2.59. The van der Waals surface area contributed by atoms with Gasteiger partial charge in [-0.3, -0.25) is 9.78 Å². The van der Waals surface area contributed by atoms with E-state index in [1.165, 1.54) is 57.8 Å². The second-order valence-electron chi connectivity index (χ2n) is 16.2. The molecule has 0 amide bonds. The molecule has 3 fully saturated rings. The molecular weight excluding hydrogens is 542 g/mol. The maximum absolute atomic E-state index is 12.7. The normalized spacial score (nSPS) is 33.6. The first-order valence-corrected chi connectivity index (χ1v) is 18.6. The number of carbonyl (C=O) groups is 1. The van der Waals surface area contributed by atoms with E-state index in [-0.39, 0.29) is 12.1 Å². The molecule has 0 bridgehead atoms. The van der Waals surface area contributed by atoms with Crippen molar-refractivity contribution in [3.05, 3.63) is 36.2 Å². The van der Waals surface area contributed by atoms with E-state index in [9.17, 15) is 4.79 Å². The van der Waals surface area contributed by atoms with Crippen LogP contribution in [-0.4, -0.2) is 23.7 Å². The van der Waals surface area contributed by atoms with Crippen molar-refractivity contribution < 1.29 is 14.3 Å². The highest BCUT2D eigenvalue weighted by Crippen LogP contribution is 2.67. The van der Waals surface area contributed by atoms with Gasteiger partial charge in [-0.2, -0.15) is 0 Å². The molecule has 4 heteroatoms. The Labute approximate surface area is 269 Å². The maximum Gasteiger partial charge on any atom is 0.306 e. The van der Waals surface area contributed by atoms with Gasteiger partial charge in [-0.25, -0.2) is 0 Å². The highest BCUT2D eigenvalue weighted by atomic mass is 16.5. The van der Waals surface area contributed by atoms with Crippen LogP contribution in [0.15, 0.2) is 36.2 Å². The smallest absolute Gasteiger partial charge is 0.306 e. The summed E-state index contributed by atoms with van der Waals surface area (Å²) in [5.74, 6) is 6.10. The minimum atomic E-state index is 0.0156. The second-order valence-corrected chi connectivity index (χ2v) is 16.2. The molecule has 4 aliphatic carbocycles. The molecular formula is C40H63NO3. The lowest BCUT2D eigenvalue weighted by Gasteiger charge is -2.58. The third-order valence-electron chi connectivity index (χ3n) is 13.0. The SMILES string of the molecule is CC(C)CCC[C@@H](C)[C@H]1CC[C@H]2[C@@H]3CC=C4CC(OC(=O)CCCCCCCOc5ccncc5)CC[C@]4(C)[C@H]3CC[C@]12C.